The Bertz CT molecular complexity index is 1200. The van der Waals surface area contributed by atoms with Crippen LogP contribution in [-0.4, -0.2) is 20.9 Å². The van der Waals surface area contributed by atoms with Crippen molar-refractivity contribution in [3.63, 3.8) is 0 Å². The summed E-state index contributed by atoms with van der Waals surface area (Å²) in [5.74, 6) is -0.865. The SMILES string of the molecule is Cc1cccc(N2NC(=O)C(=Cc3ccc4c(c3)n(C)c(=O)n4C)C2=O)c1. The molecule has 1 saturated heterocycles. The average molecular weight is 362 g/mol. The summed E-state index contributed by atoms with van der Waals surface area (Å²) in [6, 6.07) is 12.7. The molecule has 0 aliphatic carbocycles. The van der Waals surface area contributed by atoms with E-state index in [1.807, 2.05) is 25.1 Å². The molecule has 1 fully saturated rings. The number of imidazole rings is 1. The number of nitrogens with zero attached hydrogens (tertiary/aromatic N) is 3. The fourth-order valence-electron chi connectivity index (χ4n) is 3.29. The van der Waals surface area contributed by atoms with Gasteiger partial charge in [0.15, 0.2) is 0 Å². The number of nitrogens with one attached hydrogen (secondary N) is 1. The van der Waals surface area contributed by atoms with Crippen molar-refractivity contribution in [1.29, 1.82) is 0 Å². The van der Waals surface area contributed by atoms with Crippen LogP contribution in [0.25, 0.3) is 17.1 Å². The second kappa shape index (κ2) is 5.98. The van der Waals surface area contributed by atoms with E-state index in [4.69, 9.17) is 0 Å². The standard InChI is InChI=1S/C20H18N4O3/c1-12-5-4-6-14(9-12)24-19(26)15(18(25)21-24)10-13-7-8-16-17(11-13)23(3)20(27)22(16)2/h4-11H,1-3H3,(H,21,25). The average Bonchev–Trinajstić information content (AvgIpc) is 3.05. The normalized spacial score (nSPS) is 15.8. The van der Waals surface area contributed by atoms with E-state index < -0.39 is 11.8 Å². The number of carbonyl (C=O) groups excluding carboxylic acids is 2. The van der Waals surface area contributed by atoms with Crippen LogP contribution in [0.2, 0.25) is 0 Å². The number of hydrogen-bond acceptors (Lipinski definition) is 3. The van der Waals surface area contributed by atoms with E-state index in [2.05, 4.69) is 5.43 Å². The zero-order valence-corrected chi connectivity index (χ0v) is 15.2. The number of aromatic nitrogens is 2. The van der Waals surface area contributed by atoms with Gasteiger partial charge in [-0.25, -0.2) is 9.80 Å². The van der Waals surface area contributed by atoms with Gasteiger partial charge in [-0.2, -0.15) is 0 Å². The molecule has 7 heteroatoms. The molecule has 0 spiro atoms. The predicted octanol–water partition coefficient (Wildman–Crippen LogP) is 1.65. The molecular formula is C20H18N4O3. The molecule has 0 unspecified atom stereocenters. The highest BCUT2D eigenvalue weighted by Crippen LogP contribution is 2.23. The Hall–Kier alpha value is -3.61. The van der Waals surface area contributed by atoms with E-state index in [-0.39, 0.29) is 11.3 Å². The molecule has 27 heavy (non-hydrogen) atoms. The molecule has 1 aliphatic rings. The molecule has 1 N–H and O–H groups in total. The van der Waals surface area contributed by atoms with E-state index in [1.165, 1.54) is 9.58 Å². The third kappa shape index (κ3) is 2.64. The van der Waals surface area contributed by atoms with Gasteiger partial charge in [0.2, 0.25) is 0 Å². The first kappa shape index (κ1) is 16.8. The number of amides is 2. The molecule has 3 aromatic rings. The van der Waals surface area contributed by atoms with Gasteiger partial charge in [-0.3, -0.25) is 24.1 Å². The van der Waals surface area contributed by atoms with E-state index in [0.29, 0.717) is 11.3 Å². The second-order valence-electron chi connectivity index (χ2n) is 6.63. The van der Waals surface area contributed by atoms with Crippen LogP contribution in [0, 0.1) is 6.92 Å². The molecule has 2 heterocycles. The van der Waals surface area contributed by atoms with Gasteiger partial charge >= 0.3 is 5.69 Å². The minimum atomic E-state index is -0.455. The third-order valence-corrected chi connectivity index (χ3v) is 4.76. The van der Waals surface area contributed by atoms with Gasteiger partial charge in [0.1, 0.15) is 5.57 Å². The van der Waals surface area contributed by atoms with Crippen LogP contribution in [0.1, 0.15) is 11.1 Å². The molecule has 1 aromatic heterocycles. The lowest BCUT2D eigenvalue weighted by Crippen LogP contribution is -2.35. The summed E-state index contributed by atoms with van der Waals surface area (Å²) in [7, 11) is 3.39. The van der Waals surface area contributed by atoms with Crippen molar-refractivity contribution in [1.82, 2.24) is 14.6 Å². The Morgan fingerprint density at radius 3 is 2.41 bits per heavy atom. The number of benzene rings is 2. The van der Waals surface area contributed by atoms with Crippen molar-refractivity contribution in [3.05, 3.63) is 69.6 Å². The molecule has 0 atom stereocenters. The predicted molar refractivity (Wildman–Crippen MR) is 103 cm³/mol. The van der Waals surface area contributed by atoms with Crippen molar-refractivity contribution in [2.75, 3.05) is 5.01 Å². The number of anilines is 1. The Balaban J connectivity index is 1.75. The van der Waals surface area contributed by atoms with Gasteiger partial charge in [-0.1, -0.05) is 18.2 Å². The zero-order chi connectivity index (χ0) is 19.3. The van der Waals surface area contributed by atoms with Crippen LogP contribution in [0.15, 0.2) is 52.8 Å². The first-order valence-corrected chi connectivity index (χ1v) is 8.46. The molecule has 0 bridgehead atoms. The summed E-state index contributed by atoms with van der Waals surface area (Å²) in [4.78, 5) is 37.1. The number of hydrogen-bond donors (Lipinski definition) is 1. The molecule has 2 amide bonds. The molecule has 136 valence electrons. The summed E-state index contributed by atoms with van der Waals surface area (Å²) in [5.41, 5.74) is 6.31. The third-order valence-electron chi connectivity index (χ3n) is 4.76. The molecule has 1 aliphatic heterocycles. The van der Waals surface area contributed by atoms with Crippen molar-refractivity contribution >= 4 is 34.6 Å². The first-order chi connectivity index (χ1) is 12.9. The Kier molecular flexibility index (Phi) is 3.73. The fourth-order valence-corrected chi connectivity index (χ4v) is 3.29. The van der Waals surface area contributed by atoms with Crippen LogP contribution in [0.3, 0.4) is 0 Å². The monoisotopic (exact) mass is 362 g/mol. The topological polar surface area (TPSA) is 76.3 Å². The van der Waals surface area contributed by atoms with Gasteiger partial charge < -0.3 is 0 Å². The number of rotatable bonds is 2. The summed E-state index contributed by atoms with van der Waals surface area (Å²) < 4.78 is 3.09. The van der Waals surface area contributed by atoms with E-state index in [1.54, 1.807) is 49.0 Å². The van der Waals surface area contributed by atoms with Crippen molar-refractivity contribution < 1.29 is 9.59 Å². The maximum atomic E-state index is 12.7. The highest BCUT2D eigenvalue weighted by molar-refractivity contribution is 6.31. The van der Waals surface area contributed by atoms with Crippen molar-refractivity contribution in [2.24, 2.45) is 14.1 Å². The van der Waals surface area contributed by atoms with Gasteiger partial charge in [0.05, 0.1) is 16.7 Å². The number of fused-ring (bicyclic) bond motifs is 1. The molecule has 0 radical (unpaired) electrons. The van der Waals surface area contributed by atoms with Gasteiger partial charge in [0.25, 0.3) is 11.8 Å². The number of carbonyl (C=O) groups is 2. The highest BCUT2D eigenvalue weighted by atomic mass is 16.2. The molecule has 2 aromatic carbocycles. The summed E-state index contributed by atoms with van der Waals surface area (Å²) in [6.07, 6.45) is 1.55. The Labute approximate surface area is 155 Å². The van der Waals surface area contributed by atoms with Crippen molar-refractivity contribution in [3.8, 4) is 0 Å². The van der Waals surface area contributed by atoms with Gasteiger partial charge in [0, 0.05) is 14.1 Å². The fraction of sp³-hybridized carbons (Fsp3) is 0.150. The van der Waals surface area contributed by atoms with E-state index >= 15 is 0 Å². The second-order valence-corrected chi connectivity index (χ2v) is 6.63. The van der Waals surface area contributed by atoms with Crippen LogP contribution < -0.4 is 16.1 Å². The van der Waals surface area contributed by atoms with Crippen LogP contribution >= 0.6 is 0 Å². The minimum absolute atomic E-state index is 0.0526. The lowest BCUT2D eigenvalue weighted by atomic mass is 10.1. The molecular weight excluding hydrogens is 344 g/mol. The largest absolute Gasteiger partial charge is 0.328 e. The van der Waals surface area contributed by atoms with E-state index in [0.717, 1.165) is 16.6 Å². The maximum Gasteiger partial charge on any atom is 0.328 e. The Morgan fingerprint density at radius 1 is 0.926 bits per heavy atom. The van der Waals surface area contributed by atoms with Crippen LogP contribution in [0.4, 0.5) is 5.69 Å². The lowest BCUT2D eigenvalue weighted by molar-refractivity contribution is -0.117. The van der Waals surface area contributed by atoms with Crippen LogP contribution in [-0.2, 0) is 23.7 Å². The first-order valence-electron chi connectivity index (χ1n) is 8.46. The number of hydrazine groups is 1. The summed E-state index contributed by atoms with van der Waals surface area (Å²) >= 11 is 0. The maximum absolute atomic E-state index is 12.7. The quantitative estimate of drug-likeness (QED) is 0.556. The highest BCUT2D eigenvalue weighted by Gasteiger charge is 2.34. The molecule has 7 nitrogen and oxygen atoms in total. The smallest absolute Gasteiger partial charge is 0.295 e. The Morgan fingerprint density at radius 2 is 1.67 bits per heavy atom. The van der Waals surface area contributed by atoms with E-state index in [9.17, 15) is 14.4 Å². The van der Waals surface area contributed by atoms with Gasteiger partial charge in [-0.05, 0) is 48.4 Å². The molecule has 4 rings (SSSR count). The molecule has 0 saturated carbocycles. The lowest BCUT2D eigenvalue weighted by Gasteiger charge is -2.14. The van der Waals surface area contributed by atoms with Gasteiger partial charge in [-0.15, -0.1) is 0 Å². The minimum Gasteiger partial charge on any atom is -0.295 e. The summed E-state index contributed by atoms with van der Waals surface area (Å²) in [6.45, 7) is 1.92. The number of aryl methyl sites for hydroxylation is 3. The van der Waals surface area contributed by atoms with Crippen LogP contribution in [0.5, 0.6) is 0 Å². The zero-order valence-electron chi connectivity index (χ0n) is 15.2. The van der Waals surface area contributed by atoms with Crippen molar-refractivity contribution in [2.45, 2.75) is 6.92 Å². The summed E-state index contributed by atoms with van der Waals surface area (Å²) in [5, 5.41) is 1.25.